The van der Waals surface area contributed by atoms with Gasteiger partial charge in [-0.3, -0.25) is 9.59 Å². The molecule has 2 aromatic rings. The molecule has 1 aromatic heterocycles. The summed E-state index contributed by atoms with van der Waals surface area (Å²) in [6.07, 6.45) is 7.19. The Labute approximate surface area is 244 Å². The summed E-state index contributed by atoms with van der Waals surface area (Å²) in [6.45, 7) is 7.91. The van der Waals surface area contributed by atoms with Crippen LogP contribution < -0.4 is 16.0 Å². The molecule has 0 aliphatic rings. The van der Waals surface area contributed by atoms with Gasteiger partial charge in [-0.1, -0.05) is 31.8 Å². The quantitative estimate of drug-likeness (QED) is 0.182. The van der Waals surface area contributed by atoms with E-state index in [1.54, 1.807) is 50.5 Å². The molecule has 10 nitrogen and oxygen atoms in total. The molecule has 2 rings (SSSR count). The number of nitriles is 1. The number of carbonyl (C=O) groups excluding carboxylic acids is 2. The molecule has 41 heavy (non-hydrogen) atoms. The standard InChI is InChI=1S/C31H42N8O2/c1-23(2)17-19-33-29-26(22-35-31(37-29)36-27-15-13-25(21-32)14-16-27)11-8-7-9-18-34-30(41)24(3)39(6)28(40)12-10-20-38(4)5/h10,12-16,22-24H,7,9,17-20H2,1-6H3,(H,34,41)(H2,33,35,36,37)/b12-10+/t24-/m0/s1. The Hall–Kier alpha value is -4.41. The SMILES string of the molecule is CC(C)CCNc1nc(Nc2ccc(C#N)cc2)ncc1C#CCCCNC(=O)[C@H](C)N(C)C(=O)/C=C/CN(C)C. The molecule has 2 amide bonds. The molecule has 0 fully saturated rings. The lowest BCUT2D eigenvalue weighted by Gasteiger charge is -2.23. The van der Waals surface area contributed by atoms with E-state index < -0.39 is 6.04 Å². The maximum atomic E-state index is 12.5. The van der Waals surface area contributed by atoms with Crippen LogP contribution in [0.1, 0.15) is 51.2 Å². The maximum Gasteiger partial charge on any atom is 0.246 e. The van der Waals surface area contributed by atoms with Crippen molar-refractivity contribution in [2.24, 2.45) is 5.92 Å². The number of nitrogens with one attached hydrogen (secondary N) is 3. The van der Waals surface area contributed by atoms with E-state index in [0.29, 0.717) is 54.7 Å². The number of aromatic nitrogens is 2. The van der Waals surface area contributed by atoms with Crippen LogP contribution in [-0.2, 0) is 9.59 Å². The van der Waals surface area contributed by atoms with Gasteiger partial charge in [-0.05, 0) is 64.0 Å². The Morgan fingerprint density at radius 2 is 1.83 bits per heavy atom. The predicted molar refractivity (Wildman–Crippen MR) is 163 cm³/mol. The van der Waals surface area contributed by atoms with Crippen molar-refractivity contribution in [2.75, 3.05) is 51.4 Å². The van der Waals surface area contributed by atoms with Gasteiger partial charge >= 0.3 is 0 Å². The molecule has 0 radical (unpaired) electrons. The summed E-state index contributed by atoms with van der Waals surface area (Å²) in [4.78, 5) is 37.2. The molecule has 1 atom stereocenters. The average molecular weight is 559 g/mol. The second kappa shape index (κ2) is 17.3. The Morgan fingerprint density at radius 1 is 1.10 bits per heavy atom. The molecule has 0 aliphatic carbocycles. The van der Waals surface area contributed by atoms with E-state index in [0.717, 1.165) is 18.7 Å². The van der Waals surface area contributed by atoms with Gasteiger partial charge in [0.15, 0.2) is 0 Å². The van der Waals surface area contributed by atoms with Crippen molar-refractivity contribution in [3.8, 4) is 17.9 Å². The van der Waals surface area contributed by atoms with E-state index in [1.807, 2.05) is 19.0 Å². The molecule has 10 heteroatoms. The Morgan fingerprint density at radius 3 is 2.49 bits per heavy atom. The molecule has 0 unspecified atom stereocenters. The lowest BCUT2D eigenvalue weighted by atomic mass is 10.1. The summed E-state index contributed by atoms with van der Waals surface area (Å²) in [5.74, 6) is 7.52. The molecular formula is C31H42N8O2. The number of carbonyl (C=O) groups is 2. The zero-order chi connectivity index (χ0) is 30.2. The lowest BCUT2D eigenvalue weighted by molar-refractivity contribution is -0.135. The fraction of sp³-hybridized carbons (Fsp3) is 0.452. The predicted octanol–water partition coefficient (Wildman–Crippen LogP) is 3.76. The van der Waals surface area contributed by atoms with E-state index in [1.165, 1.54) is 11.0 Å². The zero-order valence-electron chi connectivity index (χ0n) is 25.0. The molecule has 0 aliphatic heterocycles. The van der Waals surface area contributed by atoms with Crippen LogP contribution >= 0.6 is 0 Å². The van der Waals surface area contributed by atoms with Crippen LogP contribution in [-0.4, -0.2) is 78.4 Å². The topological polar surface area (TPSA) is 126 Å². The Balaban J connectivity index is 1.93. The molecule has 0 saturated carbocycles. The van der Waals surface area contributed by atoms with E-state index in [2.05, 4.69) is 57.7 Å². The number of nitrogens with zero attached hydrogens (tertiary/aromatic N) is 5. The van der Waals surface area contributed by atoms with E-state index in [-0.39, 0.29) is 11.8 Å². The highest BCUT2D eigenvalue weighted by molar-refractivity contribution is 5.92. The first kappa shape index (κ1) is 32.8. The maximum absolute atomic E-state index is 12.5. The van der Waals surface area contributed by atoms with Crippen molar-refractivity contribution in [1.29, 1.82) is 5.26 Å². The normalized spacial score (nSPS) is 11.5. The zero-order valence-corrected chi connectivity index (χ0v) is 25.0. The largest absolute Gasteiger partial charge is 0.369 e. The fourth-order valence-corrected chi connectivity index (χ4v) is 3.45. The number of likely N-dealkylation sites (N-methyl/N-ethyl adjacent to an activating group) is 2. The summed E-state index contributed by atoms with van der Waals surface area (Å²) >= 11 is 0. The van der Waals surface area contributed by atoms with Gasteiger partial charge in [0.05, 0.1) is 23.4 Å². The number of benzene rings is 1. The number of anilines is 3. The summed E-state index contributed by atoms with van der Waals surface area (Å²) in [6, 6.07) is 8.60. The van der Waals surface area contributed by atoms with Gasteiger partial charge in [-0.15, -0.1) is 0 Å². The van der Waals surface area contributed by atoms with Crippen molar-refractivity contribution in [3.63, 3.8) is 0 Å². The van der Waals surface area contributed by atoms with Gasteiger partial charge < -0.3 is 25.8 Å². The van der Waals surface area contributed by atoms with Crippen molar-refractivity contribution in [1.82, 2.24) is 25.1 Å². The first-order chi connectivity index (χ1) is 19.6. The average Bonchev–Trinajstić information content (AvgIpc) is 2.94. The Kier molecular flexibility index (Phi) is 13.9. The van der Waals surface area contributed by atoms with E-state index in [9.17, 15) is 9.59 Å². The Bertz CT molecular complexity index is 1270. The molecule has 1 heterocycles. The highest BCUT2D eigenvalue weighted by atomic mass is 16.2. The van der Waals surface area contributed by atoms with E-state index in [4.69, 9.17) is 5.26 Å². The fourth-order valence-electron chi connectivity index (χ4n) is 3.45. The molecule has 0 saturated heterocycles. The number of amides is 2. The smallest absolute Gasteiger partial charge is 0.246 e. The van der Waals surface area contributed by atoms with Crippen LogP contribution in [0, 0.1) is 29.1 Å². The first-order valence-electron chi connectivity index (χ1n) is 13.8. The third-order valence-corrected chi connectivity index (χ3v) is 6.11. The van der Waals surface area contributed by atoms with Gasteiger partial charge in [0.2, 0.25) is 17.8 Å². The van der Waals surface area contributed by atoms with Crippen molar-refractivity contribution >= 4 is 29.3 Å². The van der Waals surface area contributed by atoms with Crippen LogP contribution in [0.3, 0.4) is 0 Å². The minimum absolute atomic E-state index is 0.204. The van der Waals surface area contributed by atoms with Gasteiger partial charge in [0.1, 0.15) is 11.9 Å². The second-order valence-corrected chi connectivity index (χ2v) is 10.4. The minimum Gasteiger partial charge on any atom is -0.369 e. The van der Waals surface area contributed by atoms with Crippen molar-refractivity contribution < 1.29 is 9.59 Å². The third-order valence-electron chi connectivity index (χ3n) is 6.11. The van der Waals surface area contributed by atoms with Crippen LogP contribution in [0.5, 0.6) is 0 Å². The molecule has 218 valence electrons. The second-order valence-electron chi connectivity index (χ2n) is 10.4. The van der Waals surface area contributed by atoms with Crippen LogP contribution in [0.15, 0.2) is 42.6 Å². The summed E-state index contributed by atoms with van der Waals surface area (Å²) in [5.41, 5.74) is 2.06. The highest BCUT2D eigenvalue weighted by Crippen LogP contribution is 2.18. The summed E-state index contributed by atoms with van der Waals surface area (Å²) < 4.78 is 0. The number of hydrogen-bond donors (Lipinski definition) is 3. The van der Waals surface area contributed by atoms with Crippen LogP contribution in [0.25, 0.3) is 0 Å². The molecular weight excluding hydrogens is 516 g/mol. The summed E-state index contributed by atoms with van der Waals surface area (Å²) in [5, 5.41) is 18.4. The first-order valence-corrected chi connectivity index (χ1v) is 13.8. The van der Waals surface area contributed by atoms with Gasteiger partial charge in [-0.2, -0.15) is 10.2 Å². The number of rotatable bonds is 14. The summed E-state index contributed by atoms with van der Waals surface area (Å²) in [7, 11) is 5.47. The van der Waals surface area contributed by atoms with Crippen molar-refractivity contribution in [3.05, 3.63) is 53.7 Å². The lowest BCUT2D eigenvalue weighted by Crippen LogP contribution is -2.45. The molecule has 0 spiro atoms. The number of unbranched alkanes of at least 4 members (excludes halogenated alkanes) is 1. The van der Waals surface area contributed by atoms with Gasteiger partial charge in [0.25, 0.3) is 0 Å². The van der Waals surface area contributed by atoms with Gasteiger partial charge in [-0.25, -0.2) is 4.98 Å². The van der Waals surface area contributed by atoms with Crippen molar-refractivity contribution in [2.45, 2.75) is 46.1 Å². The van der Waals surface area contributed by atoms with E-state index >= 15 is 0 Å². The monoisotopic (exact) mass is 558 g/mol. The third kappa shape index (κ3) is 12.1. The highest BCUT2D eigenvalue weighted by Gasteiger charge is 2.20. The number of hydrogen-bond acceptors (Lipinski definition) is 8. The molecule has 1 aromatic carbocycles. The van der Waals surface area contributed by atoms with Crippen LogP contribution in [0.2, 0.25) is 0 Å². The van der Waals surface area contributed by atoms with Gasteiger partial charge in [0, 0.05) is 44.9 Å². The molecule has 3 N–H and O–H groups in total. The molecule has 0 bridgehead atoms. The van der Waals surface area contributed by atoms with Crippen LogP contribution in [0.4, 0.5) is 17.5 Å². The minimum atomic E-state index is -0.578.